The van der Waals surface area contributed by atoms with Gasteiger partial charge >= 0.3 is 0 Å². The van der Waals surface area contributed by atoms with E-state index in [0.29, 0.717) is 6.61 Å². The first-order valence-corrected chi connectivity index (χ1v) is 6.92. The largest absolute Gasteiger partial charge is 0.497 e. The highest BCUT2D eigenvalue weighted by molar-refractivity contribution is 9.10. The van der Waals surface area contributed by atoms with Crippen molar-refractivity contribution >= 4 is 15.9 Å². The van der Waals surface area contributed by atoms with Gasteiger partial charge in [0, 0.05) is 0 Å². The van der Waals surface area contributed by atoms with Crippen LogP contribution in [-0.2, 0) is 6.61 Å². The van der Waals surface area contributed by atoms with E-state index in [1.165, 1.54) is 16.7 Å². The molecule has 0 aliphatic carbocycles. The second-order valence-electron chi connectivity index (χ2n) is 4.51. The summed E-state index contributed by atoms with van der Waals surface area (Å²) in [5, 5.41) is 0. The first-order valence-electron chi connectivity index (χ1n) is 6.12. The molecule has 0 unspecified atom stereocenters. The summed E-state index contributed by atoms with van der Waals surface area (Å²) in [6, 6.07) is 12.1. The number of halogens is 1. The number of benzene rings is 2. The summed E-state index contributed by atoms with van der Waals surface area (Å²) in [6.45, 7) is 4.76. The molecule has 0 radical (unpaired) electrons. The molecular weight excluding hydrogens is 304 g/mol. The van der Waals surface area contributed by atoms with Gasteiger partial charge in [-0.05, 0) is 59.1 Å². The first-order chi connectivity index (χ1) is 9.10. The molecule has 0 aromatic heterocycles. The van der Waals surface area contributed by atoms with E-state index in [9.17, 15) is 0 Å². The van der Waals surface area contributed by atoms with Gasteiger partial charge in [0.2, 0.25) is 0 Å². The Balaban J connectivity index is 2.12. The number of aryl methyl sites for hydroxylation is 2. The highest BCUT2D eigenvalue weighted by Crippen LogP contribution is 2.30. The van der Waals surface area contributed by atoms with Crippen LogP contribution < -0.4 is 9.47 Å². The Hall–Kier alpha value is -1.48. The van der Waals surface area contributed by atoms with Crippen LogP contribution in [0.1, 0.15) is 16.7 Å². The van der Waals surface area contributed by atoms with E-state index in [2.05, 4.69) is 48.0 Å². The molecule has 2 nitrogen and oxygen atoms in total. The maximum absolute atomic E-state index is 5.86. The fourth-order valence-corrected chi connectivity index (χ4v) is 2.31. The molecule has 0 N–H and O–H groups in total. The van der Waals surface area contributed by atoms with Crippen molar-refractivity contribution in [3.8, 4) is 11.5 Å². The van der Waals surface area contributed by atoms with E-state index < -0.39 is 0 Å². The van der Waals surface area contributed by atoms with Crippen LogP contribution >= 0.6 is 15.9 Å². The lowest BCUT2D eigenvalue weighted by Crippen LogP contribution is -1.99. The fraction of sp³-hybridized carbons (Fsp3) is 0.250. The Labute approximate surface area is 122 Å². The average molecular weight is 321 g/mol. The SMILES string of the molecule is COc1ccc(OCc2cc(C)ccc2C)c(Br)c1. The molecule has 0 bridgehead atoms. The molecule has 2 rings (SSSR count). The lowest BCUT2D eigenvalue weighted by atomic mass is 10.1. The van der Waals surface area contributed by atoms with Crippen LogP contribution in [0, 0.1) is 13.8 Å². The lowest BCUT2D eigenvalue weighted by Gasteiger charge is -2.11. The smallest absolute Gasteiger partial charge is 0.134 e. The van der Waals surface area contributed by atoms with E-state index in [-0.39, 0.29) is 0 Å². The Bertz CT molecular complexity index is 579. The van der Waals surface area contributed by atoms with Crippen LogP contribution in [0.15, 0.2) is 40.9 Å². The Morgan fingerprint density at radius 2 is 1.84 bits per heavy atom. The zero-order chi connectivity index (χ0) is 13.8. The minimum Gasteiger partial charge on any atom is -0.497 e. The maximum atomic E-state index is 5.86. The zero-order valence-corrected chi connectivity index (χ0v) is 13.0. The van der Waals surface area contributed by atoms with Crippen LogP contribution in [0.5, 0.6) is 11.5 Å². The number of hydrogen-bond acceptors (Lipinski definition) is 2. The number of rotatable bonds is 4. The highest BCUT2D eigenvalue weighted by atomic mass is 79.9. The third kappa shape index (κ3) is 3.51. The van der Waals surface area contributed by atoms with E-state index in [1.807, 2.05) is 18.2 Å². The molecule has 2 aromatic rings. The number of hydrogen-bond donors (Lipinski definition) is 0. The molecule has 0 aliphatic rings. The third-order valence-corrected chi connectivity index (χ3v) is 3.65. The summed E-state index contributed by atoms with van der Waals surface area (Å²) < 4.78 is 11.9. The van der Waals surface area contributed by atoms with E-state index in [1.54, 1.807) is 7.11 Å². The van der Waals surface area contributed by atoms with Crippen LogP contribution in [0.3, 0.4) is 0 Å². The zero-order valence-electron chi connectivity index (χ0n) is 11.4. The predicted molar refractivity (Wildman–Crippen MR) is 80.9 cm³/mol. The second-order valence-corrected chi connectivity index (χ2v) is 5.37. The lowest BCUT2D eigenvalue weighted by molar-refractivity contribution is 0.302. The molecule has 0 atom stereocenters. The second kappa shape index (κ2) is 6.11. The molecule has 2 aromatic carbocycles. The van der Waals surface area contributed by atoms with Crippen molar-refractivity contribution in [2.45, 2.75) is 20.5 Å². The van der Waals surface area contributed by atoms with Gasteiger partial charge in [0.1, 0.15) is 18.1 Å². The number of methoxy groups -OCH3 is 1. The highest BCUT2D eigenvalue weighted by Gasteiger charge is 2.05. The van der Waals surface area contributed by atoms with Crippen molar-refractivity contribution in [1.82, 2.24) is 0 Å². The Morgan fingerprint density at radius 1 is 1.05 bits per heavy atom. The van der Waals surface area contributed by atoms with Gasteiger partial charge in [0.05, 0.1) is 11.6 Å². The standard InChI is InChI=1S/C16H17BrO2/c1-11-4-5-12(2)13(8-11)10-19-16-7-6-14(18-3)9-15(16)17/h4-9H,10H2,1-3H3. The van der Waals surface area contributed by atoms with Crippen LogP contribution in [-0.4, -0.2) is 7.11 Å². The van der Waals surface area contributed by atoms with Crippen molar-refractivity contribution in [1.29, 1.82) is 0 Å². The molecule has 0 fully saturated rings. The third-order valence-electron chi connectivity index (χ3n) is 3.03. The van der Waals surface area contributed by atoms with Gasteiger partial charge in [-0.3, -0.25) is 0 Å². The monoisotopic (exact) mass is 320 g/mol. The van der Waals surface area contributed by atoms with E-state index in [0.717, 1.165) is 16.0 Å². The summed E-state index contributed by atoms with van der Waals surface area (Å²) in [4.78, 5) is 0. The molecule has 0 aliphatic heterocycles. The van der Waals surface area contributed by atoms with Gasteiger partial charge in [-0.2, -0.15) is 0 Å². The van der Waals surface area contributed by atoms with Crippen molar-refractivity contribution in [3.63, 3.8) is 0 Å². The molecule has 3 heteroatoms. The summed E-state index contributed by atoms with van der Waals surface area (Å²) in [5.41, 5.74) is 3.70. The topological polar surface area (TPSA) is 18.5 Å². The van der Waals surface area contributed by atoms with Crippen LogP contribution in [0.2, 0.25) is 0 Å². The quantitative estimate of drug-likeness (QED) is 0.816. The summed E-state index contributed by atoms with van der Waals surface area (Å²) >= 11 is 3.49. The fourth-order valence-electron chi connectivity index (χ4n) is 1.84. The van der Waals surface area contributed by atoms with E-state index >= 15 is 0 Å². The van der Waals surface area contributed by atoms with Gasteiger partial charge in [-0.25, -0.2) is 0 Å². The van der Waals surface area contributed by atoms with Gasteiger partial charge in [0.25, 0.3) is 0 Å². The molecule has 0 spiro atoms. The minimum atomic E-state index is 0.568. The van der Waals surface area contributed by atoms with E-state index in [4.69, 9.17) is 9.47 Å². The molecule has 19 heavy (non-hydrogen) atoms. The van der Waals surface area contributed by atoms with Gasteiger partial charge in [0.15, 0.2) is 0 Å². The number of ether oxygens (including phenoxy) is 2. The van der Waals surface area contributed by atoms with Crippen LogP contribution in [0.25, 0.3) is 0 Å². The molecule has 100 valence electrons. The predicted octanol–water partition coefficient (Wildman–Crippen LogP) is 4.65. The molecule has 0 amide bonds. The molecular formula is C16H17BrO2. The van der Waals surface area contributed by atoms with Crippen molar-refractivity contribution in [2.75, 3.05) is 7.11 Å². The molecule has 0 heterocycles. The van der Waals surface area contributed by atoms with Crippen molar-refractivity contribution in [3.05, 3.63) is 57.6 Å². The normalized spacial score (nSPS) is 10.3. The first kappa shape index (κ1) is 13.9. The minimum absolute atomic E-state index is 0.568. The molecule has 0 saturated carbocycles. The van der Waals surface area contributed by atoms with Crippen molar-refractivity contribution < 1.29 is 9.47 Å². The Morgan fingerprint density at radius 3 is 2.53 bits per heavy atom. The summed E-state index contributed by atoms with van der Waals surface area (Å²) in [6.07, 6.45) is 0. The summed E-state index contributed by atoms with van der Waals surface area (Å²) in [7, 11) is 1.65. The summed E-state index contributed by atoms with van der Waals surface area (Å²) in [5.74, 6) is 1.63. The van der Waals surface area contributed by atoms with Gasteiger partial charge in [-0.15, -0.1) is 0 Å². The Kier molecular flexibility index (Phi) is 4.48. The van der Waals surface area contributed by atoms with Gasteiger partial charge < -0.3 is 9.47 Å². The maximum Gasteiger partial charge on any atom is 0.134 e. The average Bonchev–Trinajstić information content (AvgIpc) is 2.40. The van der Waals surface area contributed by atoms with Crippen molar-refractivity contribution in [2.24, 2.45) is 0 Å². The molecule has 0 saturated heterocycles. The van der Waals surface area contributed by atoms with Crippen LogP contribution in [0.4, 0.5) is 0 Å². The van der Waals surface area contributed by atoms with Gasteiger partial charge in [-0.1, -0.05) is 23.8 Å².